The standard InChI is InChI=1S/C16H26N2S/c1-18(12-15-8-4-7-11-17-15)13-16(14-19)9-5-2-3-6-10-16/h4,7-8,11,19H,2-3,5-6,9-10,12-14H2,1H3. The van der Waals surface area contributed by atoms with E-state index in [1.165, 1.54) is 38.5 Å². The van der Waals surface area contributed by atoms with E-state index in [2.05, 4.69) is 41.7 Å². The summed E-state index contributed by atoms with van der Waals surface area (Å²) in [6.07, 6.45) is 10.1. The van der Waals surface area contributed by atoms with Crippen LogP contribution in [0.5, 0.6) is 0 Å². The van der Waals surface area contributed by atoms with Crippen LogP contribution in [0, 0.1) is 5.41 Å². The van der Waals surface area contributed by atoms with Crippen molar-refractivity contribution >= 4 is 12.6 Å². The monoisotopic (exact) mass is 278 g/mol. The Hall–Kier alpha value is -0.540. The van der Waals surface area contributed by atoms with Gasteiger partial charge in [0.15, 0.2) is 0 Å². The molecule has 1 heterocycles. The molecule has 106 valence electrons. The number of aromatic nitrogens is 1. The van der Waals surface area contributed by atoms with Gasteiger partial charge in [0, 0.05) is 19.3 Å². The summed E-state index contributed by atoms with van der Waals surface area (Å²) in [7, 11) is 2.21. The lowest BCUT2D eigenvalue weighted by molar-refractivity contribution is 0.169. The highest BCUT2D eigenvalue weighted by atomic mass is 32.1. The van der Waals surface area contributed by atoms with Crippen LogP contribution in [-0.2, 0) is 6.54 Å². The molecule has 3 heteroatoms. The Morgan fingerprint density at radius 3 is 2.53 bits per heavy atom. The molecule has 1 fully saturated rings. The van der Waals surface area contributed by atoms with Crippen molar-refractivity contribution in [1.82, 2.24) is 9.88 Å². The maximum absolute atomic E-state index is 4.66. The fourth-order valence-corrected chi connectivity index (χ4v) is 3.66. The number of rotatable bonds is 5. The van der Waals surface area contributed by atoms with Gasteiger partial charge in [-0.2, -0.15) is 12.6 Å². The van der Waals surface area contributed by atoms with Crippen LogP contribution in [0.25, 0.3) is 0 Å². The fraction of sp³-hybridized carbons (Fsp3) is 0.688. The minimum Gasteiger partial charge on any atom is -0.300 e. The van der Waals surface area contributed by atoms with Gasteiger partial charge < -0.3 is 0 Å². The molecule has 0 amide bonds. The van der Waals surface area contributed by atoms with Crippen molar-refractivity contribution in [2.75, 3.05) is 19.3 Å². The molecule has 19 heavy (non-hydrogen) atoms. The highest BCUT2D eigenvalue weighted by molar-refractivity contribution is 7.80. The summed E-state index contributed by atoms with van der Waals surface area (Å²) in [5.41, 5.74) is 1.58. The van der Waals surface area contributed by atoms with Gasteiger partial charge in [-0.1, -0.05) is 31.7 Å². The van der Waals surface area contributed by atoms with Crippen molar-refractivity contribution in [3.8, 4) is 0 Å². The summed E-state index contributed by atoms with van der Waals surface area (Å²) in [5, 5.41) is 0. The molecule has 2 nitrogen and oxygen atoms in total. The molecule has 0 radical (unpaired) electrons. The molecule has 1 aliphatic rings. The van der Waals surface area contributed by atoms with Crippen LogP contribution in [0.15, 0.2) is 24.4 Å². The maximum atomic E-state index is 4.66. The topological polar surface area (TPSA) is 16.1 Å². The Kier molecular flexibility index (Phi) is 5.71. The first-order valence-corrected chi connectivity index (χ1v) is 8.07. The third kappa shape index (κ3) is 4.50. The molecular formula is C16H26N2S. The van der Waals surface area contributed by atoms with Crippen LogP contribution in [-0.4, -0.2) is 29.2 Å². The molecule has 0 bridgehead atoms. The Balaban J connectivity index is 1.93. The highest BCUT2D eigenvalue weighted by Gasteiger charge is 2.30. The van der Waals surface area contributed by atoms with E-state index in [0.717, 1.165) is 24.5 Å². The van der Waals surface area contributed by atoms with Gasteiger partial charge in [0.1, 0.15) is 0 Å². The smallest absolute Gasteiger partial charge is 0.0543 e. The number of hydrogen-bond donors (Lipinski definition) is 1. The van der Waals surface area contributed by atoms with Crippen molar-refractivity contribution in [2.24, 2.45) is 5.41 Å². The lowest BCUT2D eigenvalue weighted by atomic mass is 9.81. The first-order chi connectivity index (χ1) is 9.24. The summed E-state index contributed by atoms with van der Waals surface area (Å²) in [6.45, 7) is 2.09. The zero-order valence-corrected chi connectivity index (χ0v) is 12.9. The van der Waals surface area contributed by atoms with Crippen molar-refractivity contribution in [3.63, 3.8) is 0 Å². The van der Waals surface area contributed by atoms with Crippen molar-refractivity contribution < 1.29 is 0 Å². The van der Waals surface area contributed by atoms with Gasteiger partial charge in [0.25, 0.3) is 0 Å². The predicted molar refractivity (Wildman–Crippen MR) is 84.6 cm³/mol. The van der Waals surface area contributed by atoms with E-state index in [1.54, 1.807) is 0 Å². The third-order valence-corrected chi connectivity index (χ3v) is 4.93. The summed E-state index contributed by atoms with van der Waals surface area (Å²) < 4.78 is 0. The molecule has 0 N–H and O–H groups in total. The van der Waals surface area contributed by atoms with Gasteiger partial charge in [0.05, 0.1) is 5.69 Å². The molecular weight excluding hydrogens is 252 g/mol. The second-order valence-corrected chi connectivity index (χ2v) is 6.38. The molecule has 0 atom stereocenters. The Bertz CT molecular complexity index is 358. The number of hydrogen-bond acceptors (Lipinski definition) is 3. The van der Waals surface area contributed by atoms with E-state index in [4.69, 9.17) is 0 Å². The van der Waals surface area contributed by atoms with Gasteiger partial charge in [-0.15, -0.1) is 0 Å². The molecule has 0 saturated heterocycles. The van der Waals surface area contributed by atoms with E-state index in [9.17, 15) is 0 Å². The first-order valence-electron chi connectivity index (χ1n) is 7.43. The number of thiol groups is 1. The van der Waals surface area contributed by atoms with E-state index in [0.29, 0.717) is 5.41 Å². The third-order valence-electron chi connectivity index (χ3n) is 4.26. The second-order valence-electron chi connectivity index (χ2n) is 6.07. The van der Waals surface area contributed by atoms with Crippen LogP contribution in [0.1, 0.15) is 44.2 Å². The molecule has 1 saturated carbocycles. The lowest BCUT2D eigenvalue weighted by Crippen LogP contribution is -2.36. The van der Waals surface area contributed by atoms with Crippen LogP contribution >= 0.6 is 12.6 Å². The minimum absolute atomic E-state index is 0.420. The molecule has 0 aliphatic heterocycles. The predicted octanol–water partition coefficient (Wildman–Crippen LogP) is 3.78. The van der Waals surface area contributed by atoms with E-state index in [-0.39, 0.29) is 0 Å². The van der Waals surface area contributed by atoms with E-state index in [1.807, 2.05) is 12.3 Å². The maximum Gasteiger partial charge on any atom is 0.0543 e. The van der Waals surface area contributed by atoms with E-state index >= 15 is 0 Å². The molecule has 0 unspecified atom stereocenters. The fourth-order valence-electron chi connectivity index (χ4n) is 3.24. The lowest BCUT2D eigenvalue weighted by Gasteiger charge is -2.35. The second kappa shape index (κ2) is 7.30. The summed E-state index contributed by atoms with van der Waals surface area (Å²) >= 11 is 4.66. The van der Waals surface area contributed by atoms with E-state index < -0.39 is 0 Å². The highest BCUT2D eigenvalue weighted by Crippen LogP contribution is 2.36. The van der Waals surface area contributed by atoms with Crippen LogP contribution in [0.2, 0.25) is 0 Å². The van der Waals surface area contributed by atoms with Gasteiger partial charge in [-0.25, -0.2) is 0 Å². The minimum atomic E-state index is 0.420. The van der Waals surface area contributed by atoms with Crippen molar-refractivity contribution in [3.05, 3.63) is 30.1 Å². The zero-order valence-electron chi connectivity index (χ0n) is 12.0. The summed E-state index contributed by atoms with van der Waals surface area (Å²) in [5.74, 6) is 1.01. The molecule has 2 rings (SSSR count). The Labute approximate surface area is 123 Å². The van der Waals surface area contributed by atoms with Gasteiger partial charge in [-0.3, -0.25) is 9.88 Å². The molecule has 0 spiro atoms. The van der Waals surface area contributed by atoms with Crippen LogP contribution < -0.4 is 0 Å². The largest absolute Gasteiger partial charge is 0.300 e. The average Bonchev–Trinajstić information content (AvgIpc) is 2.66. The van der Waals surface area contributed by atoms with Crippen LogP contribution in [0.3, 0.4) is 0 Å². The quantitative estimate of drug-likeness (QED) is 0.651. The van der Waals surface area contributed by atoms with Crippen molar-refractivity contribution in [2.45, 2.75) is 45.1 Å². The zero-order chi connectivity index (χ0) is 13.6. The molecule has 0 aromatic carbocycles. The SMILES string of the molecule is CN(Cc1ccccn1)CC1(CS)CCCCCC1. The molecule has 1 aromatic heterocycles. The first kappa shape index (κ1) is 14.9. The molecule has 1 aromatic rings. The normalized spacial score (nSPS) is 19.3. The average molecular weight is 278 g/mol. The van der Waals surface area contributed by atoms with Gasteiger partial charge in [-0.05, 0) is 43.2 Å². The summed E-state index contributed by atoms with van der Waals surface area (Å²) in [6, 6.07) is 6.15. The number of nitrogens with zero attached hydrogens (tertiary/aromatic N) is 2. The molecule has 1 aliphatic carbocycles. The summed E-state index contributed by atoms with van der Waals surface area (Å²) in [4.78, 5) is 6.84. The Morgan fingerprint density at radius 2 is 1.95 bits per heavy atom. The van der Waals surface area contributed by atoms with Crippen molar-refractivity contribution in [1.29, 1.82) is 0 Å². The van der Waals surface area contributed by atoms with Crippen LogP contribution in [0.4, 0.5) is 0 Å². The van der Waals surface area contributed by atoms with Gasteiger partial charge >= 0.3 is 0 Å². The Morgan fingerprint density at radius 1 is 1.21 bits per heavy atom. The van der Waals surface area contributed by atoms with Gasteiger partial charge in [0.2, 0.25) is 0 Å². The number of pyridine rings is 1.